The number of pyridine rings is 1. The number of anilines is 1. The molecule has 0 saturated carbocycles. The SMILES string of the molecule is C=CCN(CCO)C(=O)NCC1CCN(c2ccncc2)CC1. The number of nitrogens with one attached hydrogen (secondary N) is 1. The van der Waals surface area contributed by atoms with E-state index in [4.69, 9.17) is 5.11 Å². The number of amides is 2. The van der Waals surface area contributed by atoms with Gasteiger partial charge < -0.3 is 20.2 Å². The molecule has 1 aliphatic rings. The van der Waals surface area contributed by atoms with Gasteiger partial charge in [0.05, 0.1) is 6.61 Å². The quantitative estimate of drug-likeness (QED) is 0.747. The van der Waals surface area contributed by atoms with Gasteiger partial charge in [-0.25, -0.2) is 4.79 Å². The summed E-state index contributed by atoms with van der Waals surface area (Å²) in [6.07, 6.45) is 7.42. The predicted octanol–water partition coefficient (Wildman–Crippen LogP) is 1.49. The molecular weight excluding hydrogens is 292 g/mol. The van der Waals surface area contributed by atoms with E-state index in [0.29, 0.717) is 25.6 Å². The molecule has 1 aromatic rings. The lowest BCUT2D eigenvalue weighted by Crippen LogP contribution is -2.45. The average Bonchev–Trinajstić information content (AvgIpc) is 2.61. The molecule has 2 rings (SSSR count). The van der Waals surface area contributed by atoms with Crippen molar-refractivity contribution in [3.05, 3.63) is 37.2 Å². The molecular formula is C17H26N4O2. The van der Waals surface area contributed by atoms with Crippen LogP contribution in [-0.4, -0.2) is 60.4 Å². The number of hydrogen-bond acceptors (Lipinski definition) is 4. The number of aliphatic hydroxyl groups is 1. The minimum atomic E-state index is -0.129. The molecule has 23 heavy (non-hydrogen) atoms. The van der Waals surface area contributed by atoms with Crippen molar-refractivity contribution in [2.24, 2.45) is 5.92 Å². The highest BCUT2D eigenvalue weighted by Gasteiger charge is 2.20. The summed E-state index contributed by atoms with van der Waals surface area (Å²) >= 11 is 0. The zero-order valence-corrected chi connectivity index (χ0v) is 13.5. The Hall–Kier alpha value is -2.08. The fraction of sp³-hybridized carbons (Fsp3) is 0.529. The van der Waals surface area contributed by atoms with Gasteiger partial charge in [0, 0.05) is 50.8 Å². The smallest absolute Gasteiger partial charge is 0.317 e. The molecule has 6 nitrogen and oxygen atoms in total. The zero-order chi connectivity index (χ0) is 16.5. The molecule has 0 aliphatic carbocycles. The van der Waals surface area contributed by atoms with E-state index in [9.17, 15) is 4.79 Å². The molecule has 1 aliphatic heterocycles. The number of piperidine rings is 1. The van der Waals surface area contributed by atoms with Crippen LogP contribution in [0, 0.1) is 5.92 Å². The Kier molecular flexibility index (Phi) is 6.87. The molecule has 6 heteroatoms. The summed E-state index contributed by atoms with van der Waals surface area (Å²) in [4.78, 5) is 20.1. The third-order valence-corrected chi connectivity index (χ3v) is 4.19. The van der Waals surface area contributed by atoms with Gasteiger partial charge in [0.15, 0.2) is 0 Å². The van der Waals surface area contributed by atoms with E-state index in [1.807, 2.05) is 24.5 Å². The second-order valence-corrected chi connectivity index (χ2v) is 5.78. The minimum Gasteiger partial charge on any atom is -0.395 e. The van der Waals surface area contributed by atoms with Gasteiger partial charge in [-0.2, -0.15) is 0 Å². The molecule has 2 N–H and O–H groups in total. The minimum absolute atomic E-state index is 0.0361. The van der Waals surface area contributed by atoms with Crippen LogP contribution in [0.1, 0.15) is 12.8 Å². The normalized spacial score (nSPS) is 15.3. The summed E-state index contributed by atoms with van der Waals surface area (Å²) in [7, 11) is 0. The fourth-order valence-corrected chi connectivity index (χ4v) is 2.85. The molecule has 0 bridgehead atoms. The van der Waals surface area contributed by atoms with Crippen molar-refractivity contribution in [1.82, 2.24) is 15.2 Å². The van der Waals surface area contributed by atoms with E-state index >= 15 is 0 Å². The van der Waals surface area contributed by atoms with Crippen LogP contribution >= 0.6 is 0 Å². The summed E-state index contributed by atoms with van der Waals surface area (Å²) < 4.78 is 0. The van der Waals surface area contributed by atoms with Crippen molar-refractivity contribution in [2.75, 3.05) is 44.2 Å². The molecule has 0 aromatic carbocycles. The number of aliphatic hydroxyl groups excluding tert-OH is 1. The fourth-order valence-electron chi connectivity index (χ4n) is 2.85. The maximum atomic E-state index is 12.1. The maximum Gasteiger partial charge on any atom is 0.317 e. The van der Waals surface area contributed by atoms with E-state index in [2.05, 4.69) is 21.8 Å². The average molecular weight is 318 g/mol. The number of hydrogen-bond donors (Lipinski definition) is 2. The van der Waals surface area contributed by atoms with Gasteiger partial charge in [-0.1, -0.05) is 6.08 Å². The van der Waals surface area contributed by atoms with Gasteiger partial charge in [-0.3, -0.25) is 4.98 Å². The first kappa shape index (κ1) is 17.3. The highest BCUT2D eigenvalue weighted by Crippen LogP contribution is 2.22. The topological polar surface area (TPSA) is 68.7 Å². The van der Waals surface area contributed by atoms with Crippen molar-refractivity contribution in [3.63, 3.8) is 0 Å². The van der Waals surface area contributed by atoms with Gasteiger partial charge in [0.1, 0.15) is 0 Å². The predicted molar refractivity (Wildman–Crippen MR) is 91.4 cm³/mol. The van der Waals surface area contributed by atoms with Crippen LogP contribution in [0.3, 0.4) is 0 Å². The number of carbonyl (C=O) groups excluding carboxylic acids is 1. The van der Waals surface area contributed by atoms with Gasteiger partial charge in [-0.05, 0) is 30.9 Å². The zero-order valence-electron chi connectivity index (χ0n) is 13.5. The molecule has 1 saturated heterocycles. The maximum absolute atomic E-state index is 12.1. The summed E-state index contributed by atoms with van der Waals surface area (Å²) in [6.45, 7) is 7.06. The highest BCUT2D eigenvalue weighted by molar-refractivity contribution is 5.74. The van der Waals surface area contributed by atoms with Gasteiger partial charge in [0.25, 0.3) is 0 Å². The van der Waals surface area contributed by atoms with Crippen molar-refractivity contribution in [3.8, 4) is 0 Å². The summed E-state index contributed by atoms with van der Waals surface area (Å²) in [5, 5.41) is 12.0. The van der Waals surface area contributed by atoms with E-state index in [0.717, 1.165) is 25.9 Å². The molecule has 1 aromatic heterocycles. The van der Waals surface area contributed by atoms with Crippen molar-refractivity contribution in [2.45, 2.75) is 12.8 Å². The molecule has 0 radical (unpaired) electrons. The third kappa shape index (κ3) is 5.25. The van der Waals surface area contributed by atoms with Crippen LogP contribution in [0.2, 0.25) is 0 Å². The molecule has 0 unspecified atom stereocenters. The number of carbonyl (C=O) groups is 1. The Bertz CT molecular complexity index is 487. The van der Waals surface area contributed by atoms with Crippen LogP contribution in [0.25, 0.3) is 0 Å². The second kappa shape index (κ2) is 9.15. The Labute approximate surface area is 137 Å². The van der Waals surface area contributed by atoms with Crippen LogP contribution < -0.4 is 10.2 Å². The Morgan fingerprint density at radius 3 is 2.74 bits per heavy atom. The molecule has 2 heterocycles. The molecule has 2 amide bonds. The Balaban J connectivity index is 1.74. The first-order valence-electron chi connectivity index (χ1n) is 8.14. The highest BCUT2D eigenvalue weighted by atomic mass is 16.3. The van der Waals surface area contributed by atoms with Crippen LogP contribution in [-0.2, 0) is 0 Å². The lowest BCUT2D eigenvalue weighted by molar-refractivity contribution is 0.181. The summed E-state index contributed by atoms with van der Waals surface area (Å²) in [5.41, 5.74) is 1.21. The standard InChI is InChI=1S/C17H26N4O2/c1-2-9-21(12-13-22)17(23)19-14-15-5-10-20(11-6-15)16-3-7-18-8-4-16/h2-4,7-8,15,22H,1,5-6,9-14H2,(H,19,23). The van der Waals surface area contributed by atoms with Crippen LogP contribution in [0.5, 0.6) is 0 Å². The Morgan fingerprint density at radius 1 is 1.43 bits per heavy atom. The van der Waals surface area contributed by atoms with E-state index < -0.39 is 0 Å². The van der Waals surface area contributed by atoms with Gasteiger partial charge in [-0.15, -0.1) is 6.58 Å². The third-order valence-electron chi connectivity index (χ3n) is 4.19. The number of aromatic nitrogens is 1. The lowest BCUT2D eigenvalue weighted by Gasteiger charge is -2.34. The number of nitrogens with zero attached hydrogens (tertiary/aromatic N) is 3. The van der Waals surface area contributed by atoms with Crippen molar-refractivity contribution in [1.29, 1.82) is 0 Å². The largest absolute Gasteiger partial charge is 0.395 e. The van der Waals surface area contributed by atoms with Crippen LogP contribution in [0.15, 0.2) is 37.2 Å². The molecule has 0 spiro atoms. The lowest BCUT2D eigenvalue weighted by atomic mass is 9.96. The first-order chi connectivity index (χ1) is 11.2. The van der Waals surface area contributed by atoms with Crippen LogP contribution in [0.4, 0.5) is 10.5 Å². The molecule has 126 valence electrons. The molecule has 0 atom stereocenters. The number of urea groups is 1. The van der Waals surface area contributed by atoms with E-state index in [-0.39, 0.29) is 12.6 Å². The number of rotatable bonds is 7. The van der Waals surface area contributed by atoms with Crippen molar-refractivity contribution >= 4 is 11.7 Å². The van der Waals surface area contributed by atoms with E-state index in [1.165, 1.54) is 5.69 Å². The monoisotopic (exact) mass is 318 g/mol. The van der Waals surface area contributed by atoms with Gasteiger partial charge in [0.2, 0.25) is 0 Å². The first-order valence-corrected chi connectivity index (χ1v) is 8.14. The van der Waals surface area contributed by atoms with Gasteiger partial charge >= 0.3 is 6.03 Å². The second-order valence-electron chi connectivity index (χ2n) is 5.78. The van der Waals surface area contributed by atoms with E-state index in [1.54, 1.807) is 11.0 Å². The summed E-state index contributed by atoms with van der Waals surface area (Å²) in [6, 6.07) is 3.93. The molecule has 1 fully saturated rings. The Morgan fingerprint density at radius 2 is 2.13 bits per heavy atom. The summed E-state index contributed by atoms with van der Waals surface area (Å²) in [5.74, 6) is 0.497. The van der Waals surface area contributed by atoms with Crippen molar-refractivity contribution < 1.29 is 9.90 Å².